The molecule has 0 spiro atoms. The van der Waals surface area contributed by atoms with Crippen LogP contribution in [0, 0.1) is 0 Å². The largest absolute Gasteiger partial charge is 0.486 e. The molecule has 0 atom stereocenters. The highest BCUT2D eigenvalue weighted by molar-refractivity contribution is 5.94. The number of nitrogens with zero attached hydrogens (tertiary/aromatic N) is 1. The third kappa shape index (κ3) is 5.31. The third-order valence-electron chi connectivity index (χ3n) is 2.91. The Morgan fingerprint density at radius 2 is 1.78 bits per heavy atom. The van der Waals surface area contributed by atoms with Crippen molar-refractivity contribution in [1.82, 2.24) is 15.6 Å². The average molecular weight is 315 g/mol. The van der Waals surface area contributed by atoms with Crippen molar-refractivity contribution < 1.29 is 19.4 Å². The zero-order valence-corrected chi connectivity index (χ0v) is 12.4. The molecule has 3 N–H and O–H groups in total. The maximum Gasteiger partial charge on any atom is 0.404 e. The van der Waals surface area contributed by atoms with Crippen LogP contribution in [0.25, 0.3) is 0 Å². The summed E-state index contributed by atoms with van der Waals surface area (Å²) in [6.45, 7) is 0.612. The van der Waals surface area contributed by atoms with E-state index in [9.17, 15) is 9.59 Å². The number of hydrogen-bond donors (Lipinski definition) is 3. The van der Waals surface area contributed by atoms with E-state index in [-0.39, 0.29) is 18.8 Å². The molecular weight excluding hydrogens is 298 g/mol. The molecular formula is C16H17N3O4. The minimum absolute atomic E-state index is 0.119. The fourth-order valence-corrected chi connectivity index (χ4v) is 1.84. The number of rotatable bonds is 7. The molecule has 7 heteroatoms. The molecule has 0 saturated heterocycles. The first kappa shape index (κ1) is 16.3. The van der Waals surface area contributed by atoms with E-state index in [2.05, 4.69) is 15.6 Å². The van der Waals surface area contributed by atoms with Crippen molar-refractivity contribution in [3.63, 3.8) is 0 Å². The summed E-state index contributed by atoms with van der Waals surface area (Å²) in [5, 5.41) is 13.2. The number of aromatic nitrogens is 1. The van der Waals surface area contributed by atoms with Gasteiger partial charge >= 0.3 is 6.09 Å². The number of hydrogen-bond acceptors (Lipinski definition) is 4. The highest BCUT2D eigenvalue weighted by Gasteiger charge is 2.13. The SMILES string of the molecule is O=C(O)NCCNC(=O)c1ncccc1OCc1ccccc1. The quantitative estimate of drug-likeness (QED) is 0.675. The summed E-state index contributed by atoms with van der Waals surface area (Å²) in [6, 6.07) is 12.9. The van der Waals surface area contributed by atoms with Gasteiger partial charge in [-0.05, 0) is 17.7 Å². The van der Waals surface area contributed by atoms with Crippen LogP contribution >= 0.6 is 0 Å². The monoisotopic (exact) mass is 315 g/mol. The second-order valence-corrected chi connectivity index (χ2v) is 4.61. The van der Waals surface area contributed by atoms with Crippen molar-refractivity contribution in [2.24, 2.45) is 0 Å². The smallest absolute Gasteiger partial charge is 0.404 e. The van der Waals surface area contributed by atoms with Gasteiger partial charge in [0.2, 0.25) is 0 Å². The van der Waals surface area contributed by atoms with Crippen LogP contribution < -0.4 is 15.4 Å². The van der Waals surface area contributed by atoms with Crippen molar-refractivity contribution >= 4 is 12.0 Å². The van der Waals surface area contributed by atoms with Gasteiger partial charge in [0.1, 0.15) is 6.61 Å². The lowest BCUT2D eigenvalue weighted by Gasteiger charge is -2.11. The Morgan fingerprint density at radius 3 is 2.52 bits per heavy atom. The van der Waals surface area contributed by atoms with Crippen LogP contribution in [-0.4, -0.2) is 35.2 Å². The summed E-state index contributed by atoms with van der Waals surface area (Å²) < 4.78 is 5.66. The molecule has 0 bridgehead atoms. The van der Waals surface area contributed by atoms with Crippen molar-refractivity contribution in [1.29, 1.82) is 0 Å². The first-order valence-corrected chi connectivity index (χ1v) is 7.03. The Hall–Kier alpha value is -3.09. The van der Waals surface area contributed by atoms with Crippen LogP contribution in [0.2, 0.25) is 0 Å². The molecule has 1 aromatic heterocycles. The summed E-state index contributed by atoms with van der Waals surface area (Å²) in [6.07, 6.45) is 0.365. The highest BCUT2D eigenvalue weighted by Crippen LogP contribution is 2.16. The predicted octanol–water partition coefficient (Wildman–Crippen LogP) is 1.66. The minimum Gasteiger partial charge on any atom is -0.486 e. The van der Waals surface area contributed by atoms with Crippen LogP contribution in [0.3, 0.4) is 0 Å². The molecule has 1 heterocycles. The molecule has 2 aromatic rings. The molecule has 23 heavy (non-hydrogen) atoms. The molecule has 0 aliphatic heterocycles. The van der Waals surface area contributed by atoms with Crippen LogP contribution in [0.15, 0.2) is 48.7 Å². The van der Waals surface area contributed by atoms with Crippen LogP contribution in [0.1, 0.15) is 16.1 Å². The fraction of sp³-hybridized carbons (Fsp3) is 0.188. The first-order chi connectivity index (χ1) is 11.2. The maximum atomic E-state index is 12.1. The zero-order chi connectivity index (χ0) is 16.5. The van der Waals surface area contributed by atoms with Gasteiger partial charge in [-0.15, -0.1) is 0 Å². The zero-order valence-electron chi connectivity index (χ0n) is 12.4. The molecule has 0 aliphatic carbocycles. The Labute approximate surface area is 133 Å². The van der Waals surface area contributed by atoms with Gasteiger partial charge in [-0.25, -0.2) is 9.78 Å². The molecule has 0 aliphatic rings. The van der Waals surface area contributed by atoms with E-state index in [1.807, 2.05) is 30.3 Å². The average Bonchev–Trinajstić information content (AvgIpc) is 2.58. The van der Waals surface area contributed by atoms with Gasteiger partial charge in [-0.2, -0.15) is 0 Å². The van der Waals surface area contributed by atoms with E-state index in [4.69, 9.17) is 9.84 Å². The second kappa shape index (κ2) is 8.38. The molecule has 7 nitrogen and oxygen atoms in total. The third-order valence-corrected chi connectivity index (χ3v) is 2.91. The number of amides is 2. The van der Waals surface area contributed by atoms with Gasteiger partial charge in [-0.3, -0.25) is 4.79 Å². The van der Waals surface area contributed by atoms with E-state index in [1.54, 1.807) is 12.1 Å². The summed E-state index contributed by atoms with van der Waals surface area (Å²) in [4.78, 5) is 26.5. The molecule has 0 unspecified atom stereocenters. The van der Waals surface area contributed by atoms with E-state index in [0.717, 1.165) is 5.56 Å². The molecule has 120 valence electrons. The summed E-state index contributed by atoms with van der Waals surface area (Å²) >= 11 is 0. The number of ether oxygens (including phenoxy) is 1. The van der Waals surface area contributed by atoms with Crippen molar-refractivity contribution in [2.75, 3.05) is 13.1 Å². The fourth-order valence-electron chi connectivity index (χ4n) is 1.84. The summed E-state index contributed by atoms with van der Waals surface area (Å²) in [7, 11) is 0. The second-order valence-electron chi connectivity index (χ2n) is 4.61. The molecule has 2 amide bonds. The lowest BCUT2D eigenvalue weighted by Crippen LogP contribution is -2.34. The number of benzene rings is 1. The first-order valence-electron chi connectivity index (χ1n) is 7.03. The molecule has 0 saturated carbocycles. The van der Waals surface area contributed by atoms with Gasteiger partial charge in [0.15, 0.2) is 11.4 Å². The number of carbonyl (C=O) groups excluding carboxylic acids is 1. The lowest BCUT2D eigenvalue weighted by molar-refractivity contribution is 0.0943. The van der Waals surface area contributed by atoms with Crippen LogP contribution in [-0.2, 0) is 6.61 Å². The van der Waals surface area contributed by atoms with Gasteiger partial charge in [0.05, 0.1) is 0 Å². The normalized spacial score (nSPS) is 9.91. The van der Waals surface area contributed by atoms with Crippen LogP contribution in [0.4, 0.5) is 4.79 Å². The predicted molar refractivity (Wildman–Crippen MR) is 83.4 cm³/mol. The Kier molecular flexibility index (Phi) is 5.93. The minimum atomic E-state index is -1.14. The van der Waals surface area contributed by atoms with E-state index >= 15 is 0 Å². The highest BCUT2D eigenvalue weighted by atomic mass is 16.5. The van der Waals surface area contributed by atoms with Crippen LogP contribution in [0.5, 0.6) is 5.75 Å². The van der Waals surface area contributed by atoms with E-state index < -0.39 is 12.0 Å². The maximum absolute atomic E-state index is 12.1. The van der Waals surface area contributed by atoms with E-state index in [1.165, 1.54) is 6.20 Å². The number of carboxylic acid groups (broad SMARTS) is 1. The van der Waals surface area contributed by atoms with Crippen molar-refractivity contribution in [2.45, 2.75) is 6.61 Å². The van der Waals surface area contributed by atoms with E-state index in [0.29, 0.717) is 12.4 Å². The van der Waals surface area contributed by atoms with Gasteiger partial charge in [-0.1, -0.05) is 30.3 Å². The number of carbonyl (C=O) groups is 2. The molecule has 2 rings (SSSR count). The van der Waals surface area contributed by atoms with Crippen molar-refractivity contribution in [3.8, 4) is 5.75 Å². The number of pyridine rings is 1. The van der Waals surface area contributed by atoms with Gasteiger partial charge < -0.3 is 20.5 Å². The molecule has 0 fully saturated rings. The topological polar surface area (TPSA) is 101 Å². The number of nitrogens with one attached hydrogen (secondary N) is 2. The van der Waals surface area contributed by atoms with Crippen molar-refractivity contribution in [3.05, 3.63) is 59.9 Å². The summed E-state index contributed by atoms with van der Waals surface area (Å²) in [5.74, 6) is -0.0408. The standard InChI is InChI=1S/C16H17N3O4/c20-15(18-9-10-19-16(21)22)14-13(7-4-8-17-14)23-11-12-5-2-1-3-6-12/h1-8,19H,9-11H2,(H,18,20)(H,21,22). The Morgan fingerprint density at radius 1 is 1.04 bits per heavy atom. The summed E-state index contributed by atoms with van der Waals surface area (Å²) in [5.41, 5.74) is 1.15. The lowest BCUT2D eigenvalue weighted by atomic mass is 10.2. The Balaban J connectivity index is 1.93. The van der Waals surface area contributed by atoms with Gasteiger partial charge in [0.25, 0.3) is 5.91 Å². The van der Waals surface area contributed by atoms with Gasteiger partial charge in [0, 0.05) is 19.3 Å². The Bertz CT molecular complexity index is 661. The molecule has 0 radical (unpaired) electrons. The molecule has 1 aromatic carbocycles.